The summed E-state index contributed by atoms with van der Waals surface area (Å²) in [4.78, 5) is 7.64. The molecule has 0 saturated heterocycles. The molecular weight excluding hydrogens is 763 g/mol. The van der Waals surface area contributed by atoms with Crippen molar-refractivity contribution in [3.8, 4) is 0 Å². The van der Waals surface area contributed by atoms with Crippen LogP contribution in [-0.4, -0.2) is 18.1 Å². The van der Waals surface area contributed by atoms with Crippen LogP contribution in [0.2, 0.25) is 0 Å². The highest BCUT2D eigenvalue weighted by Gasteiger charge is 2.47. The minimum absolute atomic E-state index is 0.000107. The standard InChI is InChI=1S/C60H53N3/c1-59(2)49-18-8-10-20-53(49)62(54-21-11-9-19-50(54)59)46-33-35-48-47-34-29-41(37-51(47)60(3,4)52(48)39-46)27-26-40-28-30-43-38-45(32-31-42(43)36-40)63-57-24-14-12-22-55(57)61(44-16-6-5-7-17-44)56-23-13-15-25-58(56)63/h5-36,38-39,49,51,53,55,57H,37H2,1-4H3/b27-26+. The average Bonchev–Trinajstić information content (AvgIpc) is 3.54. The van der Waals surface area contributed by atoms with Crippen LogP contribution in [0.4, 0.5) is 34.1 Å². The Kier molecular flexibility index (Phi) is 8.63. The van der Waals surface area contributed by atoms with Crippen LogP contribution in [0.3, 0.4) is 0 Å². The van der Waals surface area contributed by atoms with E-state index in [-0.39, 0.29) is 29.0 Å². The lowest BCUT2D eigenvalue weighted by Crippen LogP contribution is -2.52. The highest BCUT2D eigenvalue weighted by molar-refractivity contribution is 5.92. The number of hydrogen-bond donors (Lipinski definition) is 0. The molecule has 308 valence electrons. The van der Waals surface area contributed by atoms with Gasteiger partial charge in [0.1, 0.15) is 0 Å². The fourth-order valence-electron chi connectivity index (χ4n) is 12.0. The van der Waals surface area contributed by atoms with E-state index in [0.29, 0.717) is 11.8 Å². The largest absolute Gasteiger partial charge is 0.334 e. The number of fused-ring (bicyclic) bond motifs is 8. The maximum Gasteiger partial charge on any atom is 0.0769 e. The van der Waals surface area contributed by atoms with Crippen LogP contribution >= 0.6 is 0 Å². The summed E-state index contributed by atoms with van der Waals surface area (Å²) in [6.45, 7) is 9.76. The Morgan fingerprint density at radius 2 is 1.08 bits per heavy atom. The number of rotatable bonds is 5. The molecule has 6 aliphatic rings. The molecular formula is C60H53N3. The molecule has 63 heavy (non-hydrogen) atoms. The van der Waals surface area contributed by atoms with Crippen molar-refractivity contribution in [2.24, 2.45) is 11.8 Å². The summed E-state index contributed by atoms with van der Waals surface area (Å²) >= 11 is 0. The average molecular weight is 816 g/mol. The first-order valence-corrected chi connectivity index (χ1v) is 22.8. The van der Waals surface area contributed by atoms with Gasteiger partial charge in [-0.25, -0.2) is 0 Å². The number of hydrogen-bond acceptors (Lipinski definition) is 3. The van der Waals surface area contributed by atoms with Crippen molar-refractivity contribution in [1.29, 1.82) is 0 Å². The van der Waals surface area contributed by atoms with E-state index in [1.807, 2.05) is 0 Å². The van der Waals surface area contributed by atoms with Gasteiger partial charge in [0, 0.05) is 34.1 Å². The van der Waals surface area contributed by atoms with Crippen molar-refractivity contribution < 1.29 is 0 Å². The lowest BCUT2D eigenvalue weighted by atomic mass is 9.65. The van der Waals surface area contributed by atoms with Gasteiger partial charge in [0.25, 0.3) is 0 Å². The fourth-order valence-corrected chi connectivity index (χ4v) is 12.0. The van der Waals surface area contributed by atoms with Crippen molar-refractivity contribution in [2.75, 3.05) is 14.7 Å². The SMILES string of the molecule is CC1(C)c2cc(N3c4ccccc4C(C)(C)C4C=CC=CC43)ccc2C2=CC=C(/C=C/c3ccc4cc(N5c6ccccc6N(c6ccccc6)C6C=CC=CC65)ccc4c3)CC21. The van der Waals surface area contributed by atoms with Gasteiger partial charge < -0.3 is 14.7 Å². The molecule has 0 amide bonds. The topological polar surface area (TPSA) is 9.72 Å². The van der Waals surface area contributed by atoms with Crippen molar-refractivity contribution >= 4 is 56.5 Å². The molecule has 0 aromatic heterocycles. The number of nitrogens with zero attached hydrogens (tertiary/aromatic N) is 3. The first-order valence-electron chi connectivity index (χ1n) is 22.8. The van der Waals surface area contributed by atoms with Gasteiger partial charge in [-0.05, 0) is 123 Å². The van der Waals surface area contributed by atoms with Gasteiger partial charge in [-0.3, -0.25) is 0 Å². The lowest BCUT2D eigenvalue weighted by molar-refractivity contribution is 0.332. The van der Waals surface area contributed by atoms with Gasteiger partial charge in [-0.2, -0.15) is 0 Å². The van der Waals surface area contributed by atoms with E-state index in [2.05, 4.69) is 249 Å². The van der Waals surface area contributed by atoms with Gasteiger partial charge in [0.05, 0.1) is 29.5 Å². The number of anilines is 6. The van der Waals surface area contributed by atoms with Crippen LogP contribution in [-0.2, 0) is 10.8 Å². The Morgan fingerprint density at radius 1 is 0.476 bits per heavy atom. The summed E-state index contributed by atoms with van der Waals surface area (Å²) in [5, 5.41) is 2.50. The molecule has 0 bridgehead atoms. The van der Waals surface area contributed by atoms with Crippen molar-refractivity contribution in [3.05, 3.63) is 228 Å². The van der Waals surface area contributed by atoms with E-state index >= 15 is 0 Å². The van der Waals surface area contributed by atoms with E-state index in [9.17, 15) is 0 Å². The molecule has 0 spiro atoms. The summed E-state index contributed by atoms with van der Waals surface area (Å²) in [6, 6.07) is 50.5. The molecule has 2 heterocycles. The van der Waals surface area contributed by atoms with Crippen LogP contribution in [0.5, 0.6) is 0 Å². The lowest BCUT2D eigenvalue weighted by Gasteiger charge is -2.51. The van der Waals surface area contributed by atoms with Crippen LogP contribution in [0.25, 0.3) is 22.4 Å². The monoisotopic (exact) mass is 815 g/mol. The summed E-state index contributed by atoms with van der Waals surface area (Å²) in [7, 11) is 0. The first-order chi connectivity index (χ1) is 30.8. The molecule has 0 fully saturated rings. The van der Waals surface area contributed by atoms with Crippen LogP contribution < -0.4 is 14.7 Å². The number of allylic oxidation sites excluding steroid dienone is 9. The minimum Gasteiger partial charge on any atom is -0.334 e. The van der Waals surface area contributed by atoms with Gasteiger partial charge >= 0.3 is 0 Å². The maximum absolute atomic E-state index is 2.61. The van der Waals surface area contributed by atoms with E-state index in [4.69, 9.17) is 0 Å². The zero-order valence-electron chi connectivity index (χ0n) is 36.6. The van der Waals surface area contributed by atoms with Gasteiger partial charge in [0.15, 0.2) is 0 Å². The van der Waals surface area contributed by atoms with Crippen molar-refractivity contribution in [1.82, 2.24) is 0 Å². The number of benzene rings is 6. The Balaban J connectivity index is 0.813. The van der Waals surface area contributed by atoms with Crippen LogP contribution in [0.15, 0.2) is 206 Å². The highest BCUT2D eigenvalue weighted by Crippen LogP contribution is 2.57. The first kappa shape index (κ1) is 37.9. The molecule has 0 N–H and O–H groups in total. The molecule has 0 saturated carbocycles. The molecule has 0 radical (unpaired) electrons. The summed E-state index contributed by atoms with van der Waals surface area (Å²) in [5.74, 6) is 0.821. The predicted molar refractivity (Wildman–Crippen MR) is 267 cm³/mol. The van der Waals surface area contributed by atoms with Crippen LogP contribution in [0.1, 0.15) is 56.4 Å². The van der Waals surface area contributed by atoms with E-state index < -0.39 is 0 Å². The molecule has 2 aliphatic heterocycles. The summed E-state index contributed by atoms with van der Waals surface area (Å²) in [5.41, 5.74) is 15.9. The second-order valence-electron chi connectivity index (χ2n) is 19.4. The van der Waals surface area contributed by atoms with Gasteiger partial charge in [0.2, 0.25) is 0 Å². The fraction of sp³-hybridized carbons (Fsp3) is 0.200. The summed E-state index contributed by atoms with van der Waals surface area (Å²) < 4.78 is 0. The maximum atomic E-state index is 2.61. The molecule has 6 aromatic rings. The normalized spacial score (nSPS) is 24.3. The third-order valence-corrected chi connectivity index (χ3v) is 15.3. The Hall–Kier alpha value is -6.84. The number of para-hydroxylation sites is 4. The molecule has 4 aliphatic carbocycles. The molecule has 5 unspecified atom stereocenters. The third-order valence-electron chi connectivity index (χ3n) is 15.3. The van der Waals surface area contributed by atoms with E-state index in [1.165, 1.54) is 78.3 Å². The van der Waals surface area contributed by atoms with Crippen LogP contribution in [0, 0.1) is 11.8 Å². The second kappa shape index (κ2) is 14.4. The van der Waals surface area contributed by atoms with Gasteiger partial charge in [-0.1, -0.05) is 173 Å². The zero-order chi connectivity index (χ0) is 42.5. The Bertz CT molecular complexity index is 3040. The van der Waals surface area contributed by atoms with Crippen molar-refractivity contribution in [2.45, 2.75) is 63.1 Å². The quantitative estimate of drug-likeness (QED) is 0.172. The summed E-state index contributed by atoms with van der Waals surface area (Å²) in [6.07, 6.45) is 28.9. The Labute approximate surface area is 372 Å². The molecule has 5 atom stereocenters. The minimum atomic E-state index is -0.000107. The molecule has 6 aromatic carbocycles. The third kappa shape index (κ3) is 5.93. The van der Waals surface area contributed by atoms with E-state index in [0.717, 1.165) is 6.42 Å². The van der Waals surface area contributed by atoms with Crippen molar-refractivity contribution in [3.63, 3.8) is 0 Å². The second-order valence-corrected chi connectivity index (χ2v) is 19.4. The highest BCUT2D eigenvalue weighted by atomic mass is 15.3. The molecule has 3 nitrogen and oxygen atoms in total. The Morgan fingerprint density at radius 3 is 1.86 bits per heavy atom. The molecule has 12 rings (SSSR count). The zero-order valence-corrected chi connectivity index (χ0v) is 36.6. The van der Waals surface area contributed by atoms with Gasteiger partial charge in [-0.15, -0.1) is 0 Å². The van der Waals surface area contributed by atoms with E-state index in [1.54, 1.807) is 0 Å². The smallest absolute Gasteiger partial charge is 0.0769 e. The predicted octanol–water partition coefficient (Wildman–Crippen LogP) is 14.9. The molecule has 3 heteroatoms.